The van der Waals surface area contributed by atoms with Crippen molar-refractivity contribution in [3.05, 3.63) is 24.8 Å². The molecule has 2 aromatic heterocycles. The number of sulfonamides is 1. The van der Waals surface area contributed by atoms with Crippen LogP contribution in [0.25, 0.3) is 0 Å². The highest BCUT2D eigenvalue weighted by Crippen LogP contribution is 2.15. The molecule has 2 rings (SSSR count). The number of aromatic nitrogens is 4. The van der Waals surface area contributed by atoms with Crippen molar-refractivity contribution in [2.24, 2.45) is 7.05 Å². The summed E-state index contributed by atoms with van der Waals surface area (Å²) >= 11 is 0. The van der Waals surface area contributed by atoms with Gasteiger partial charge in [0.05, 0.1) is 18.1 Å². The Morgan fingerprint density at radius 3 is 2.44 bits per heavy atom. The lowest BCUT2D eigenvalue weighted by Crippen LogP contribution is -2.12. The smallest absolute Gasteiger partial charge is 0.265 e. The van der Waals surface area contributed by atoms with E-state index in [0.717, 1.165) is 0 Å². The van der Waals surface area contributed by atoms with Crippen molar-refractivity contribution in [2.45, 2.75) is 24.8 Å². The minimum atomic E-state index is -3.60. The summed E-state index contributed by atoms with van der Waals surface area (Å²) in [6.07, 6.45) is 5.87. The summed E-state index contributed by atoms with van der Waals surface area (Å²) in [5.74, 6) is 0. The molecule has 0 amide bonds. The number of nitrogens with zero attached hydrogens (tertiary/aromatic N) is 4. The average molecular weight is 269 g/mol. The van der Waals surface area contributed by atoms with E-state index in [1.54, 1.807) is 17.9 Å². The van der Waals surface area contributed by atoms with E-state index in [9.17, 15) is 8.42 Å². The molecule has 0 aromatic carbocycles. The van der Waals surface area contributed by atoms with Crippen molar-refractivity contribution in [2.75, 3.05) is 4.72 Å². The normalized spacial score (nSPS) is 12.0. The molecule has 0 aliphatic rings. The van der Waals surface area contributed by atoms with Gasteiger partial charge in [0.2, 0.25) is 0 Å². The fourth-order valence-corrected chi connectivity index (χ4v) is 2.40. The van der Waals surface area contributed by atoms with Crippen LogP contribution in [0.15, 0.2) is 29.7 Å². The summed E-state index contributed by atoms with van der Waals surface area (Å²) in [5.41, 5.74) is 0.426. The molecule has 0 aliphatic heterocycles. The second-order valence-corrected chi connectivity index (χ2v) is 5.94. The Labute approximate surface area is 105 Å². The van der Waals surface area contributed by atoms with E-state index in [0.29, 0.717) is 5.69 Å². The Balaban J connectivity index is 2.25. The van der Waals surface area contributed by atoms with Crippen LogP contribution in [0.1, 0.15) is 19.9 Å². The molecular formula is C10H15N5O2S. The number of nitrogens with one attached hydrogen (secondary N) is 1. The van der Waals surface area contributed by atoms with Gasteiger partial charge in [-0.1, -0.05) is 0 Å². The molecule has 2 aromatic rings. The Bertz CT molecular complexity index is 641. The van der Waals surface area contributed by atoms with E-state index < -0.39 is 10.0 Å². The number of anilines is 1. The molecule has 0 aliphatic carbocycles. The summed E-state index contributed by atoms with van der Waals surface area (Å²) in [5, 5.41) is 7.90. The standard InChI is InChI=1S/C10H15N5O2S/c1-8(2)15-7-10(5-12-15)18(16,17)13-9-4-11-14(3)6-9/h4-8,13H,1-3H3. The van der Waals surface area contributed by atoms with E-state index in [1.807, 2.05) is 13.8 Å². The van der Waals surface area contributed by atoms with Gasteiger partial charge in [-0.15, -0.1) is 0 Å². The molecular weight excluding hydrogens is 254 g/mol. The van der Waals surface area contributed by atoms with Gasteiger partial charge in [0.1, 0.15) is 4.90 Å². The predicted molar refractivity (Wildman–Crippen MR) is 66.6 cm³/mol. The van der Waals surface area contributed by atoms with Gasteiger partial charge < -0.3 is 0 Å². The summed E-state index contributed by atoms with van der Waals surface area (Å²) in [6.45, 7) is 3.86. The molecule has 98 valence electrons. The highest BCUT2D eigenvalue weighted by molar-refractivity contribution is 7.92. The van der Waals surface area contributed by atoms with E-state index in [4.69, 9.17) is 0 Å². The largest absolute Gasteiger partial charge is 0.276 e. The molecule has 0 radical (unpaired) electrons. The molecule has 0 saturated heterocycles. The van der Waals surface area contributed by atoms with Crippen molar-refractivity contribution in [1.29, 1.82) is 0 Å². The summed E-state index contributed by atoms with van der Waals surface area (Å²) in [6, 6.07) is 0.118. The van der Waals surface area contributed by atoms with Crippen LogP contribution in [0.4, 0.5) is 5.69 Å². The Morgan fingerprint density at radius 1 is 1.22 bits per heavy atom. The van der Waals surface area contributed by atoms with Crippen LogP contribution in [0, 0.1) is 0 Å². The van der Waals surface area contributed by atoms with Crippen LogP contribution in [0.3, 0.4) is 0 Å². The van der Waals surface area contributed by atoms with Crippen LogP contribution in [0.5, 0.6) is 0 Å². The van der Waals surface area contributed by atoms with Crippen LogP contribution >= 0.6 is 0 Å². The zero-order chi connectivity index (χ0) is 13.3. The maximum Gasteiger partial charge on any atom is 0.265 e. The van der Waals surface area contributed by atoms with Crippen molar-refractivity contribution in [1.82, 2.24) is 19.6 Å². The van der Waals surface area contributed by atoms with Crippen molar-refractivity contribution >= 4 is 15.7 Å². The number of aryl methyl sites for hydroxylation is 1. The first-order valence-corrected chi connectivity index (χ1v) is 6.92. The topological polar surface area (TPSA) is 81.8 Å². The van der Waals surface area contributed by atoms with Crippen molar-refractivity contribution in [3.63, 3.8) is 0 Å². The summed E-state index contributed by atoms with van der Waals surface area (Å²) in [4.78, 5) is 0.139. The maximum atomic E-state index is 12.0. The van der Waals surface area contributed by atoms with Gasteiger partial charge in [0.25, 0.3) is 10.0 Å². The van der Waals surface area contributed by atoms with Gasteiger partial charge >= 0.3 is 0 Å². The van der Waals surface area contributed by atoms with Crippen LogP contribution < -0.4 is 4.72 Å². The lowest BCUT2D eigenvalue weighted by Gasteiger charge is -2.04. The second kappa shape index (κ2) is 4.45. The third-order valence-electron chi connectivity index (χ3n) is 2.37. The molecule has 0 fully saturated rings. The minimum Gasteiger partial charge on any atom is -0.276 e. The van der Waals surface area contributed by atoms with Crippen LogP contribution in [0.2, 0.25) is 0 Å². The zero-order valence-electron chi connectivity index (χ0n) is 10.4. The van der Waals surface area contributed by atoms with Gasteiger partial charge in [0, 0.05) is 25.5 Å². The van der Waals surface area contributed by atoms with Gasteiger partial charge in [-0.3, -0.25) is 14.1 Å². The molecule has 7 nitrogen and oxygen atoms in total. The fourth-order valence-electron chi connectivity index (χ4n) is 1.43. The van der Waals surface area contributed by atoms with Gasteiger partial charge in [0.15, 0.2) is 0 Å². The van der Waals surface area contributed by atoms with E-state index in [-0.39, 0.29) is 10.9 Å². The van der Waals surface area contributed by atoms with E-state index in [2.05, 4.69) is 14.9 Å². The molecule has 0 saturated carbocycles. The Morgan fingerprint density at radius 2 is 1.94 bits per heavy atom. The highest BCUT2D eigenvalue weighted by Gasteiger charge is 2.17. The first-order valence-electron chi connectivity index (χ1n) is 5.44. The maximum absolute atomic E-state index is 12.0. The van der Waals surface area contributed by atoms with Crippen molar-refractivity contribution in [3.8, 4) is 0 Å². The lowest BCUT2D eigenvalue weighted by molar-refractivity contribution is 0.531. The van der Waals surface area contributed by atoms with Crippen molar-refractivity contribution < 1.29 is 8.42 Å². The first-order chi connectivity index (χ1) is 8.38. The number of hydrogen-bond donors (Lipinski definition) is 1. The van der Waals surface area contributed by atoms with Gasteiger partial charge in [-0.2, -0.15) is 10.2 Å². The average Bonchev–Trinajstić information content (AvgIpc) is 2.86. The summed E-state index contributed by atoms with van der Waals surface area (Å²) in [7, 11) is -1.88. The number of rotatable bonds is 4. The first kappa shape index (κ1) is 12.6. The molecule has 0 atom stereocenters. The van der Waals surface area contributed by atoms with Crippen LogP contribution in [-0.4, -0.2) is 28.0 Å². The van der Waals surface area contributed by atoms with E-state index in [1.165, 1.54) is 23.3 Å². The summed E-state index contributed by atoms with van der Waals surface area (Å²) < 4.78 is 29.7. The number of hydrogen-bond acceptors (Lipinski definition) is 4. The molecule has 0 spiro atoms. The zero-order valence-corrected chi connectivity index (χ0v) is 11.2. The van der Waals surface area contributed by atoms with Crippen LogP contribution in [-0.2, 0) is 17.1 Å². The lowest BCUT2D eigenvalue weighted by atomic mass is 10.4. The fraction of sp³-hybridized carbons (Fsp3) is 0.400. The molecule has 1 N–H and O–H groups in total. The third kappa shape index (κ3) is 2.53. The molecule has 8 heteroatoms. The Kier molecular flexibility index (Phi) is 3.12. The monoisotopic (exact) mass is 269 g/mol. The third-order valence-corrected chi connectivity index (χ3v) is 3.71. The second-order valence-electron chi connectivity index (χ2n) is 4.26. The Hall–Kier alpha value is -1.83. The van der Waals surface area contributed by atoms with Gasteiger partial charge in [-0.25, -0.2) is 8.42 Å². The molecule has 0 unspecified atom stereocenters. The predicted octanol–water partition coefficient (Wildman–Crippen LogP) is 0.998. The molecule has 0 bridgehead atoms. The highest BCUT2D eigenvalue weighted by atomic mass is 32.2. The quantitative estimate of drug-likeness (QED) is 0.897. The van der Waals surface area contributed by atoms with E-state index >= 15 is 0 Å². The molecule has 2 heterocycles. The minimum absolute atomic E-state index is 0.118. The SMILES string of the molecule is CC(C)n1cc(S(=O)(=O)Nc2cnn(C)c2)cn1. The molecule has 18 heavy (non-hydrogen) atoms. The van der Waals surface area contributed by atoms with Gasteiger partial charge in [-0.05, 0) is 13.8 Å².